The number of imidazole rings is 1. The summed E-state index contributed by atoms with van der Waals surface area (Å²) in [7, 11) is 0. The van der Waals surface area contributed by atoms with E-state index < -0.39 is 0 Å². The summed E-state index contributed by atoms with van der Waals surface area (Å²) in [5.74, 6) is 0. The van der Waals surface area contributed by atoms with E-state index in [4.69, 9.17) is 11.6 Å². The SMILES string of the molecule is CCCn1c(C)cn(-c2ccc(Cl)cc2)c1=O. The minimum atomic E-state index is 0.00618. The Morgan fingerprint density at radius 1 is 1.24 bits per heavy atom. The van der Waals surface area contributed by atoms with E-state index in [2.05, 4.69) is 6.92 Å². The van der Waals surface area contributed by atoms with Crippen LogP contribution in [0.3, 0.4) is 0 Å². The van der Waals surface area contributed by atoms with Gasteiger partial charge in [-0.1, -0.05) is 18.5 Å². The van der Waals surface area contributed by atoms with Gasteiger partial charge in [0.1, 0.15) is 0 Å². The first kappa shape index (κ1) is 12.0. The van der Waals surface area contributed by atoms with Crippen LogP contribution in [0.5, 0.6) is 0 Å². The van der Waals surface area contributed by atoms with Gasteiger partial charge < -0.3 is 0 Å². The zero-order valence-corrected chi connectivity index (χ0v) is 10.7. The molecule has 0 bridgehead atoms. The fourth-order valence-electron chi connectivity index (χ4n) is 1.87. The third kappa shape index (κ3) is 2.29. The van der Waals surface area contributed by atoms with Crippen LogP contribution in [0.25, 0.3) is 5.69 Å². The van der Waals surface area contributed by atoms with Crippen molar-refractivity contribution in [1.82, 2.24) is 9.13 Å². The summed E-state index contributed by atoms with van der Waals surface area (Å²) in [5, 5.41) is 0.673. The van der Waals surface area contributed by atoms with Crippen LogP contribution >= 0.6 is 11.6 Å². The van der Waals surface area contributed by atoms with Crippen molar-refractivity contribution in [2.75, 3.05) is 0 Å². The van der Waals surface area contributed by atoms with Gasteiger partial charge in [0.05, 0.1) is 5.69 Å². The highest BCUT2D eigenvalue weighted by Gasteiger charge is 2.08. The lowest BCUT2D eigenvalue weighted by Gasteiger charge is -2.01. The van der Waals surface area contributed by atoms with Gasteiger partial charge in [-0.2, -0.15) is 0 Å². The van der Waals surface area contributed by atoms with Crippen LogP contribution in [0.15, 0.2) is 35.3 Å². The maximum Gasteiger partial charge on any atom is 0.332 e. The summed E-state index contributed by atoms with van der Waals surface area (Å²) in [6.45, 7) is 4.76. The Bertz CT molecular complexity index is 566. The van der Waals surface area contributed by atoms with Crippen molar-refractivity contribution in [3.63, 3.8) is 0 Å². The number of hydrogen-bond donors (Lipinski definition) is 0. The van der Waals surface area contributed by atoms with Crippen LogP contribution in [0, 0.1) is 6.92 Å². The molecule has 90 valence electrons. The van der Waals surface area contributed by atoms with Crippen molar-refractivity contribution in [1.29, 1.82) is 0 Å². The second-order valence-electron chi connectivity index (χ2n) is 4.05. The number of rotatable bonds is 3. The number of halogens is 1. The summed E-state index contributed by atoms with van der Waals surface area (Å²) in [5.41, 5.74) is 1.83. The van der Waals surface area contributed by atoms with E-state index in [0.29, 0.717) is 5.02 Å². The highest BCUT2D eigenvalue weighted by Crippen LogP contribution is 2.12. The quantitative estimate of drug-likeness (QED) is 0.823. The first-order valence-electron chi connectivity index (χ1n) is 5.68. The molecule has 4 heteroatoms. The number of aromatic nitrogens is 2. The van der Waals surface area contributed by atoms with Gasteiger partial charge in [0.25, 0.3) is 0 Å². The van der Waals surface area contributed by atoms with Gasteiger partial charge >= 0.3 is 5.69 Å². The zero-order chi connectivity index (χ0) is 12.4. The molecule has 2 rings (SSSR count). The third-order valence-electron chi connectivity index (χ3n) is 2.73. The zero-order valence-electron chi connectivity index (χ0n) is 9.98. The summed E-state index contributed by atoms with van der Waals surface area (Å²) in [6.07, 6.45) is 2.81. The number of benzene rings is 1. The maximum atomic E-state index is 12.2. The van der Waals surface area contributed by atoms with E-state index in [1.165, 1.54) is 0 Å². The fourth-order valence-corrected chi connectivity index (χ4v) is 2.00. The molecule has 17 heavy (non-hydrogen) atoms. The normalized spacial score (nSPS) is 10.8. The fraction of sp³-hybridized carbons (Fsp3) is 0.308. The van der Waals surface area contributed by atoms with Crippen molar-refractivity contribution in [3.05, 3.63) is 51.7 Å². The van der Waals surface area contributed by atoms with E-state index in [0.717, 1.165) is 24.3 Å². The predicted molar refractivity (Wildman–Crippen MR) is 70.1 cm³/mol. The minimum Gasteiger partial charge on any atom is -0.296 e. The molecule has 0 spiro atoms. The minimum absolute atomic E-state index is 0.00618. The molecule has 0 aliphatic rings. The summed E-state index contributed by atoms with van der Waals surface area (Å²) < 4.78 is 3.44. The smallest absolute Gasteiger partial charge is 0.296 e. The lowest BCUT2D eigenvalue weighted by molar-refractivity contribution is 0.633. The van der Waals surface area contributed by atoms with Gasteiger partial charge in [0.2, 0.25) is 0 Å². The highest BCUT2D eigenvalue weighted by atomic mass is 35.5. The van der Waals surface area contributed by atoms with Crippen molar-refractivity contribution >= 4 is 11.6 Å². The van der Waals surface area contributed by atoms with Crippen LogP contribution in [0.2, 0.25) is 5.02 Å². The monoisotopic (exact) mass is 250 g/mol. The third-order valence-corrected chi connectivity index (χ3v) is 2.98. The topological polar surface area (TPSA) is 26.9 Å². The lowest BCUT2D eigenvalue weighted by atomic mass is 10.3. The molecule has 1 aromatic carbocycles. The standard InChI is InChI=1S/C13H15ClN2O/c1-3-8-15-10(2)9-16(13(15)17)12-6-4-11(14)5-7-12/h4-7,9H,3,8H2,1-2H3. The van der Waals surface area contributed by atoms with Gasteiger partial charge in [-0.25, -0.2) is 4.79 Å². The second-order valence-corrected chi connectivity index (χ2v) is 4.49. The molecule has 0 fully saturated rings. The Balaban J connectivity index is 2.50. The van der Waals surface area contributed by atoms with Crippen LogP contribution < -0.4 is 5.69 Å². The van der Waals surface area contributed by atoms with Gasteiger partial charge in [-0.05, 0) is 37.6 Å². The van der Waals surface area contributed by atoms with Crippen molar-refractivity contribution < 1.29 is 0 Å². The maximum absolute atomic E-state index is 12.2. The molecule has 0 aliphatic heterocycles. The van der Waals surface area contributed by atoms with Crippen LogP contribution in [0.1, 0.15) is 19.0 Å². The average Bonchev–Trinajstić information content (AvgIpc) is 2.59. The van der Waals surface area contributed by atoms with Gasteiger partial charge in [-0.3, -0.25) is 9.13 Å². The number of aryl methyl sites for hydroxylation is 1. The summed E-state index contributed by atoms with van der Waals surface area (Å²) in [6, 6.07) is 7.27. The van der Waals surface area contributed by atoms with E-state index in [1.54, 1.807) is 21.3 Å². The molecule has 0 N–H and O–H groups in total. The van der Waals surface area contributed by atoms with Crippen molar-refractivity contribution in [2.45, 2.75) is 26.8 Å². The molecule has 0 aliphatic carbocycles. The first-order chi connectivity index (χ1) is 8.13. The van der Waals surface area contributed by atoms with Gasteiger partial charge in [0, 0.05) is 23.5 Å². The van der Waals surface area contributed by atoms with Gasteiger partial charge in [-0.15, -0.1) is 0 Å². The van der Waals surface area contributed by atoms with E-state index >= 15 is 0 Å². The Hall–Kier alpha value is -1.48. The van der Waals surface area contributed by atoms with Crippen molar-refractivity contribution in [3.8, 4) is 5.69 Å². The molecule has 0 radical (unpaired) electrons. The molecule has 1 heterocycles. The molecule has 0 amide bonds. The molecule has 0 saturated carbocycles. The van der Waals surface area contributed by atoms with E-state index in [-0.39, 0.29) is 5.69 Å². The van der Waals surface area contributed by atoms with E-state index in [9.17, 15) is 4.79 Å². The average molecular weight is 251 g/mol. The second kappa shape index (κ2) is 4.80. The predicted octanol–water partition coefficient (Wildman–Crippen LogP) is 3.01. The van der Waals surface area contributed by atoms with Crippen LogP contribution in [-0.4, -0.2) is 9.13 Å². The molecule has 2 aromatic rings. The van der Waals surface area contributed by atoms with Crippen molar-refractivity contribution in [2.24, 2.45) is 0 Å². The highest BCUT2D eigenvalue weighted by molar-refractivity contribution is 6.30. The molecule has 3 nitrogen and oxygen atoms in total. The molecule has 0 unspecified atom stereocenters. The molecule has 0 atom stereocenters. The van der Waals surface area contributed by atoms with E-state index in [1.807, 2.05) is 25.3 Å². The summed E-state index contributed by atoms with van der Waals surface area (Å²) >= 11 is 5.83. The molecular weight excluding hydrogens is 236 g/mol. The Labute approximate surface area is 105 Å². The Kier molecular flexibility index (Phi) is 3.38. The summed E-state index contributed by atoms with van der Waals surface area (Å²) in [4.78, 5) is 12.2. The lowest BCUT2D eigenvalue weighted by Crippen LogP contribution is -2.23. The van der Waals surface area contributed by atoms with Crippen LogP contribution in [-0.2, 0) is 6.54 Å². The first-order valence-corrected chi connectivity index (χ1v) is 6.06. The number of nitrogens with zero attached hydrogens (tertiary/aromatic N) is 2. The van der Waals surface area contributed by atoms with Crippen LogP contribution in [0.4, 0.5) is 0 Å². The Morgan fingerprint density at radius 3 is 2.47 bits per heavy atom. The molecular formula is C13H15ClN2O. The molecule has 1 aromatic heterocycles. The molecule has 0 saturated heterocycles. The number of hydrogen-bond acceptors (Lipinski definition) is 1. The van der Waals surface area contributed by atoms with Gasteiger partial charge in [0.15, 0.2) is 0 Å². The Morgan fingerprint density at radius 2 is 1.88 bits per heavy atom. The largest absolute Gasteiger partial charge is 0.332 e.